The summed E-state index contributed by atoms with van der Waals surface area (Å²) in [6, 6.07) is 0. The minimum absolute atomic E-state index is 0. The molecule has 0 amide bonds. The Kier molecular flexibility index (Phi) is 38.8. The Morgan fingerprint density at radius 1 is 0.565 bits per heavy atom. The van der Waals surface area contributed by atoms with E-state index in [1.54, 1.807) is 0 Å². The minimum atomic E-state index is 0. The standard InChI is InChI=1S/C18H38O.Cl2O.V/c1-2-3-4-5-6-7-8-9-10-11-12-13-14-15-16-17-18-19;1-3-2;/h19H,2-18H2,1H3;;. The maximum absolute atomic E-state index is 8.67. The molecule has 0 aromatic heterocycles. The summed E-state index contributed by atoms with van der Waals surface area (Å²) in [6.45, 7) is 2.66. The molecule has 0 aliphatic rings. The maximum atomic E-state index is 8.67. The first-order chi connectivity index (χ1) is 10.8. The summed E-state index contributed by atoms with van der Waals surface area (Å²) < 4.78 is 3.19. The van der Waals surface area contributed by atoms with E-state index in [0.29, 0.717) is 6.61 Å². The summed E-state index contributed by atoms with van der Waals surface area (Å²) >= 11 is 8.53. The fraction of sp³-hybridized carbons (Fsp3) is 1.00. The van der Waals surface area contributed by atoms with Gasteiger partial charge in [0.1, 0.15) is 0 Å². The Hall–Kier alpha value is 1.08. The quantitative estimate of drug-likeness (QED) is 0.267. The molecule has 0 aliphatic heterocycles. The van der Waals surface area contributed by atoms with Gasteiger partial charge in [0.25, 0.3) is 0 Å². The Morgan fingerprint density at radius 2 is 0.783 bits per heavy atom. The van der Waals surface area contributed by atoms with Crippen molar-refractivity contribution < 1.29 is 27.5 Å². The predicted molar refractivity (Wildman–Crippen MR) is 99.4 cm³/mol. The maximum Gasteiger partial charge on any atom is 0.0832 e. The monoisotopic (exact) mass is 407 g/mol. The van der Waals surface area contributed by atoms with Gasteiger partial charge in [-0.25, -0.2) is 0 Å². The van der Waals surface area contributed by atoms with Crippen LogP contribution in [0.4, 0.5) is 0 Å². The van der Waals surface area contributed by atoms with E-state index in [1.165, 1.54) is 96.3 Å². The van der Waals surface area contributed by atoms with Gasteiger partial charge >= 0.3 is 0 Å². The van der Waals surface area contributed by atoms with E-state index >= 15 is 0 Å². The molecule has 0 bridgehead atoms. The molecule has 0 unspecified atom stereocenters. The summed E-state index contributed by atoms with van der Waals surface area (Å²) in [5, 5.41) is 8.67. The minimum Gasteiger partial charge on any atom is -0.396 e. The number of hydrogen-bond donors (Lipinski definition) is 1. The van der Waals surface area contributed by atoms with E-state index in [2.05, 4.69) is 34.5 Å². The van der Waals surface area contributed by atoms with Crippen molar-refractivity contribution in [3.8, 4) is 0 Å². The van der Waals surface area contributed by atoms with Crippen molar-refractivity contribution in [2.45, 2.75) is 110 Å². The predicted octanol–water partition coefficient (Wildman–Crippen LogP) is 7.55. The molecule has 0 aliphatic carbocycles. The van der Waals surface area contributed by atoms with Crippen molar-refractivity contribution in [3.05, 3.63) is 0 Å². The molecule has 0 spiro atoms. The van der Waals surface area contributed by atoms with Gasteiger partial charge in [0.2, 0.25) is 0 Å². The summed E-state index contributed by atoms with van der Waals surface area (Å²) in [5.41, 5.74) is 0. The Bertz CT molecular complexity index is 159. The first kappa shape index (κ1) is 28.9. The van der Waals surface area contributed by atoms with E-state index in [4.69, 9.17) is 5.11 Å². The van der Waals surface area contributed by atoms with Crippen molar-refractivity contribution in [1.29, 1.82) is 0 Å². The van der Waals surface area contributed by atoms with Crippen LogP contribution >= 0.6 is 23.7 Å². The molecule has 0 heterocycles. The zero-order valence-corrected chi connectivity index (χ0v) is 18.0. The smallest absolute Gasteiger partial charge is 0.0832 e. The van der Waals surface area contributed by atoms with Gasteiger partial charge in [-0.3, -0.25) is 0 Å². The van der Waals surface area contributed by atoms with Crippen LogP contribution in [0.1, 0.15) is 110 Å². The van der Waals surface area contributed by atoms with Crippen molar-refractivity contribution in [2.75, 3.05) is 6.61 Å². The average Bonchev–Trinajstić information content (AvgIpc) is 2.52. The number of aliphatic hydroxyl groups is 1. The second-order valence-electron chi connectivity index (χ2n) is 6.09. The topological polar surface area (TPSA) is 29.5 Å². The average molecular weight is 408 g/mol. The van der Waals surface area contributed by atoms with Gasteiger partial charge < -0.3 is 5.11 Å². The molecule has 0 aromatic rings. The molecule has 1 N–H and O–H groups in total. The van der Waals surface area contributed by atoms with Gasteiger partial charge in [0.15, 0.2) is 0 Å². The van der Waals surface area contributed by atoms with Gasteiger partial charge in [-0.05, 0) is 6.42 Å². The fourth-order valence-electron chi connectivity index (χ4n) is 2.66. The van der Waals surface area contributed by atoms with E-state index in [9.17, 15) is 0 Å². The molecule has 0 fully saturated rings. The number of unbranched alkanes of at least 4 members (excludes halogenated alkanes) is 15. The van der Waals surface area contributed by atoms with Crippen LogP contribution in [0.5, 0.6) is 0 Å². The largest absolute Gasteiger partial charge is 0.396 e. The molecule has 2 nitrogen and oxygen atoms in total. The van der Waals surface area contributed by atoms with Crippen LogP contribution in [-0.4, -0.2) is 11.7 Å². The molecule has 0 saturated heterocycles. The molecule has 1 radical (unpaired) electrons. The SMILES string of the molecule is CCCCCCCCCCCCCCCCCCO.ClOCl.[V]. The summed E-state index contributed by atoms with van der Waals surface area (Å²) in [7, 11) is 0. The number of hydrogen-bond acceptors (Lipinski definition) is 2. The van der Waals surface area contributed by atoms with Crippen molar-refractivity contribution in [1.82, 2.24) is 0 Å². The van der Waals surface area contributed by atoms with Gasteiger partial charge in [-0.1, -0.05) is 103 Å². The van der Waals surface area contributed by atoms with Crippen LogP contribution in [0.2, 0.25) is 0 Å². The molecule has 23 heavy (non-hydrogen) atoms. The molecule has 141 valence electrons. The van der Waals surface area contributed by atoms with Crippen molar-refractivity contribution in [2.24, 2.45) is 0 Å². The summed E-state index contributed by atoms with van der Waals surface area (Å²) in [5.74, 6) is 0. The first-order valence-electron chi connectivity index (χ1n) is 9.33. The van der Waals surface area contributed by atoms with Gasteiger partial charge in [-0.15, -0.1) is 0 Å². The zero-order chi connectivity index (χ0) is 16.7. The van der Waals surface area contributed by atoms with Gasteiger partial charge in [0, 0.05) is 25.2 Å². The van der Waals surface area contributed by atoms with Crippen LogP contribution < -0.4 is 0 Å². The Labute approximate surface area is 167 Å². The number of aliphatic hydroxyl groups excluding tert-OH is 1. The third-order valence-electron chi connectivity index (χ3n) is 4.01. The normalized spacial score (nSPS) is 9.91. The fourth-order valence-corrected chi connectivity index (χ4v) is 2.66. The number of halogens is 2. The van der Waals surface area contributed by atoms with Crippen LogP contribution in [0, 0.1) is 0 Å². The van der Waals surface area contributed by atoms with E-state index < -0.39 is 0 Å². The Morgan fingerprint density at radius 3 is 1.00 bits per heavy atom. The third kappa shape index (κ3) is 35.2. The van der Waals surface area contributed by atoms with E-state index in [-0.39, 0.29) is 18.6 Å². The van der Waals surface area contributed by atoms with Crippen LogP contribution in [-0.2, 0) is 22.4 Å². The molecule has 0 rings (SSSR count). The van der Waals surface area contributed by atoms with Crippen molar-refractivity contribution >= 4 is 23.7 Å². The van der Waals surface area contributed by atoms with E-state index in [1.807, 2.05) is 0 Å². The van der Waals surface area contributed by atoms with Gasteiger partial charge in [-0.2, -0.15) is 3.84 Å². The summed E-state index contributed by atoms with van der Waals surface area (Å²) in [4.78, 5) is 0. The first-order valence-corrected chi connectivity index (χ1v) is 9.95. The van der Waals surface area contributed by atoms with Gasteiger partial charge in [0.05, 0.1) is 23.7 Å². The van der Waals surface area contributed by atoms with Crippen LogP contribution in [0.3, 0.4) is 0 Å². The second-order valence-corrected chi connectivity index (χ2v) is 6.55. The van der Waals surface area contributed by atoms with Crippen LogP contribution in [0.15, 0.2) is 0 Å². The third-order valence-corrected chi connectivity index (χ3v) is 4.01. The number of rotatable bonds is 16. The molecule has 5 heteroatoms. The molecular weight excluding hydrogens is 370 g/mol. The van der Waals surface area contributed by atoms with Crippen molar-refractivity contribution in [3.63, 3.8) is 0 Å². The Balaban J connectivity index is -0.000000920. The molecular formula is C18H38Cl2O2V. The zero-order valence-electron chi connectivity index (χ0n) is 15.1. The molecule has 0 atom stereocenters. The molecule has 0 aromatic carbocycles. The summed E-state index contributed by atoms with van der Waals surface area (Å²) in [6.07, 6.45) is 22.2. The second kappa shape index (κ2) is 30.9. The molecule has 0 saturated carbocycles. The van der Waals surface area contributed by atoms with E-state index in [0.717, 1.165) is 6.42 Å². The van der Waals surface area contributed by atoms with Crippen LogP contribution in [0.25, 0.3) is 0 Å².